The molecule has 80 heavy (non-hydrogen) atoms. The van der Waals surface area contributed by atoms with E-state index in [1.807, 2.05) is 0 Å². The minimum atomic E-state index is -0.901. The number of carbonyl (C=O) groups is 6. The Kier molecular flexibility index (Phi) is 16.2. The molecule has 0 saturated carbocycles. The summed E-state index contributed by atoms with van der Waals surface area (Å²) in [4.78, 5) is 86.1. The molecule has 1 aliphatic carbocycles. The van der Waals surface area contributed by atoms with E-state index in [9.17, 15) is 28.8 Å². The van der Waals surface area contributed by atoms with Gasteiger partial charge in [0.15, 0.2) is 11.6 Å². The van der Waals surface area contributed by atoms with Gasteiger partial charge in [0.25, 0.3) is 0 Å². The Morgan fingerprint density at radius 2 is 0.438 bits per heavy atom. The fourth-order valence-corrected chi connectivity index (χ4v) is 9.12. The molecule has 0 radical (unpaired) electrons. The number of carbonyl (C=O) groups excluding carboxylic acids is 6. The van der Waals surface area contributed by atoms with Gasteiger partial charge in [0, 0.05) is 46.5 Å². The van der Waals surface area contributed by atoms with Crippen molar-refractivity contribution in [2.24, 2.45) is 0 Å². The van der Waals surface area contributed by atoms with E-state index in [2.05, 4.69) is 0 Å². The van der Waals surface area contributed by atoms with Crippen molar-refractivity contribution in [1.29, 1.82) is 0 Å². The Hall–Kier alpha value is -10.1. The molecule has 0 fully saturated rings. The van der Waals surface area contributed by atoms with Gasteiger partial charge in [-0.05, 0) is 141 Å². The van der Waals surface area contributed by atoms with Crippen molar-refractivity contribution in [2.45, 2.75) is 26.4 Å². The molecule has 0 N–H and O–H groups in total. The molecule has 0 amide bonds. The van der Waals surface area contributed by atoms with Gasteiger partial charge < -0.3 is 56.8 Å². The van der Waals surface area contributed by atoms with Gasteiger partial charge in [-0.3, -0.25) is 9.59 Å². The normalized spacial score (nSPS) is 11.4. The van der Waals surface area contributed by atoms with E-state index in [1.54, 1.807) is 72.8 Å². The van der Waals surface area contributed by atoms with Crippen molar-refractivity contribution < 1.29 is 85.6 Å². The number of hydrogen-bond donors (Lipinski definition) is 0. The fourth-order valence-electron chi connectivity index (χ4n) is 9.12. The smallest absolute Gasteiger partial charge is 0.339 e. The van der Waals surface area contributed by atoms with Gasteiger partial charge in [0.05, 0.1) is 79.1 Å². The highest BCUT2D eigenvalue weighted by Gasteiger charge is 2.33. The van der Waals surface area contributed by atoms with Crippen LogP contribution in [0.25, 0.3) is 21.5 Å². The molecule has 0 spiro atoms. The van der Waals surface area contributed by atoms with E-state index in [0.29, 0.717) is 89.8 Å². The number of ether oxygens (including phenoxy) is 12. The maximum atomic E-state index is 14.7. The topological polar surface area (TPSA) is 213 Å². The van der Waals surface area contributed by atoms with Gasteiger partial charge in [-0.15, -0.1) is 0 Å². The van der Waals surface area contributed by atoms with Crippen LogP contribution in [0.2, 0.25) is 0 Å². The number of hydrogen-bond acceptors (Lipinski definition) is 18. The minimum absolute atomic E-state index is 0.00200. The fraction of sp³-hybridized carbons (Fsp3) is 0.194. The van der Waals surface area contributed by atoms with Crippen LogP contribution >= 0.6 is 0 Å². The number of rotatable bonds is 20. The predicted molar refractivity (Wildman–Crippen MR) is 289 cm³/mol. The standard InChI is InChI=1S/C62H52O18/c1-69-41-9-33(10-42(25-41)70-2)29-77-59(65)53-21-37-17-49-50(18-38(37)22-54(53)60(66)78-30-34-11-43(71-3)26-44(12-34)72-4)58(64)52-20-40-24-56(62(68)80-32-36-15-47(75-7)28-48(16-36)76-8)55(23-39(40)19-51(52)57(49)63)61(67)79-31-35-13-45(73-5)27-46(14-35)74-6/h9-28H,29-32H2,1-8H3. The summed E-state index contributed by atoms with van der Waals surface area (Å²) < 4.78 is 66.2. The maximum absolute atomic E-state index is 14.7. The van der Waals surface area contributed by atoms with Gasteiger partial charge in [-0.1, -0.05) is 0 Å². The molecule has 8 aromatic rings. The van der Waals surface area contributed by atoms with Crippen molar-refractivity contribution in [2.75, 3.05) is 56.9 Å². The van der Waals surface area contributed by atoms with E-state index < -0.39 is 35.4 Å². The third-order valence-corrected chi connectivity index (χ3v) is 13.2. The number of esters is 4. The van der Waals surface area contributed by atoms with Crippen LogP contribution in [0.1, 0.15) is 95.5 Å². The number of benzene rings is 8. The summed E-state index contributed by atoms with van der Waals surface area (Å²) in [5.74, 6) is -1.08. The Bertz CT molecular complexity index is 3230. The second-order valence-electron chi connectivity index (χ2n) is 18.1. The second kappa shape index (κ2) is 23.6. The number of methoxy groups -OCH3 is 8. The first kappa shape index (κ1) is 54.7. The average Bonchev–Trinajstić information content (AvgIpc) is 3.50. The van der Waals surface area contributed by atoms with Crippen LogP contribution in [0.4, 0.5) is 0 Å². The van der Waals surface area contributed by atoms with Crippen molar-refractivity contribution in [1.82, 2.24) is 0 Å². The zero-order valence-electron chi connectivity index (χ0n) is 44.7. The van der Waals surface area contributed by atoms with E-state index in [1.165, 1.54) is 105 Å². The Balaban J connectivity index is 1.09. The third-order valence-electron chi connectivity index (χ3n) is 13.2. The molecule has 0 atom stereocenters. The molecule has 0 saturated heterocycles. The SMILES string of the molecule is COc1cc(COC(=O)c2cc3cc4c(cc3cc2C(=O)OCc2cc(OC)cc(OC)c2)C(=O)c2cc3cc(C(=O)OCc5cc(OC)cc(OC)c5)c(C(=O)OCc5cc(OC)cc(OC)c5)cc3cc2C4=O)cc(OC)c1. The lowest BCUT2D eigenvalue weighted by Crippen LogP contribution is -2.21. The second-order valence-corrected chi connectivity index (χ2v) is 18.1. The third kappa shape index (κ3) is 11.6. The first-order valence-electron chi connectivity index (χ1n) is 24.6. The first-order chi connectivity index (χ1) is 38.6. The molecule has 0 aliphatic heterocycles. The Morgan fingerprint density at radius 1 is 0.263 bits per heavy atom. The first-order valence-corrected chi connectivity index (χ1v) is 24.6. The monoisotopic (exact) mass is 1080 g/mol. The van der Waals surface area contributed by atoms with Crippen LogP contribution in [0.15, 0.2) is 121 Å². The lowest BCUT2D eigenvalue weighted by molar-refractivity contribution is 0.0425. The Labute approximate surface area is 458 Å². The summed E-state index contributed by atoms with van der Waals surface area (Å²) in [7, 11) is 11.9. The van der Waals surface area contributed by atoms with Crippen LogP contribution in [0, 0.1) is 0 Å². The van der Waals surface area contributed by atoms with Crippen LogP contribution in [0.3, 0.4) is 0 Å². The molecule has 8 aromatic carbocycles. The quantitative estimate of drug-likeness (QED) is 0.0513. The van der Waals surface area contributed by atoms with Crippen molar-refractivity contribution in [3.63, 3.8) is 0 Å². The summed E-state index contributed by atoms with van der Waals surface area (Å²) >= 11 is 0. The largest absolute Gasteiger partial charge is 0.497 e. The van der Waals surface area contributed by atoms with Crippen molar-refractivity contribution >= 4 is 57.0 Å². The highest BCUT2D eigenvalue weighted by molar-refractivity contribution is 6.31. The lowest BCUT2D eigenvalue weighted by atomic mass is 9.81. The molecule has 0 bridgehead atoms. The zero-order valence-corrected chi connectivity index (χ0v) is 44.7. The molecule has 0 unspecified atom stereocenters. The summed E-state index contributed by atoms with van der Waals surface area (Å²) in [6.45, 7) is -0.988. The highest BCUT2D eigenvalue weighted by atomic mass is 16.6. The van der Waals surface area contributed by atoms with Crippen molar-refractivity contribution in [3.05, 3.63) is 188 Å². The summed E-state index contributed by atoms with van der Waals surface area (Å²) in [6, 6.07) is 31.4. The molecule has 0 aromatic heterocycles. The molecule has 1 aliphatic rings. The summed E-state index contributed by atoms with van der Waals surface area (Å²) in [5.41, 5.74) is 1.34. The number of ketones is 2. The molecule has 408 valence electrons. The molecule has 0 heterocycles. The number of fused-ring (bicyclic) bond motifs is 4. The zero-order chi connectivity index (χ0) is 56.8. The molecule has 18 nitrogen and oxygen atoms in total. The summed E-state index contributed by atoms with van der Waals surface area (Å²) in [5, 5.41) is 1.25. The minimum Gasteiger partial charge on any atom is -0.497 e. The van der Waals surface area contributed by atoms with Gasteiger partial charge in [-0.25, -0.2) is 19.2 Å². The summed E-state index contributed by atoms with van der Waals surface area (Å²) in [6.07, 6.45) is 0. The van der Waals surface area contributed by atoms with Crippen LogP contribution in [-0.4, -0.2) is 92.3 Å². The van der Waals surface area contributed by atoms with E-state index in [-0.39, 0.29) is 70.9 Å². The maximum Gasteiger partial charge on any atom is 0.339 e. The molecular weight excluding hydrogens is 1030 g/mol. The Morgan fingerprint density at radius 3 is 0.600 bits per heavy atom. The molecule has 9 rings (SSSR count). The lowest BCUT2D eigenvalue weighted by Gasteiger charge is -2.20. The average molecular weight is 1090 g/mol. The highest BCUT2D eigenvalue weighted by Crippen LogP contribution is 2.37. The van der Waals surface area contributed by atoms with E-state index in [4.69, 9.17) is 56.8 Å². The van der Waals surface area contributed by atoms with Gasteiger partial charge in [-0.2, -0.15) is 0 Å². The molecular formula is C62H52O18. The van der Waals surface area contributed by atoms with Gasteiger partial charge in [0.2, 0.25) is 0 Å². The van der Waals surface area contributed by atoms with Crippen LogP contribution in [-0.2, 0) is 45.4 Å². The van der Waals surface area contributed by atoms with E-state index >= 15 is 0 Å². The van der Waals surface area contributed by atoms with Crippen LogP contribution in [0.5, 0.6) is 46.0 Å². The van der Waals surface area contributed by atoms with E-state index in [0.717, 1.165) is 0 Å². The van der Waals surface area contributed by atoms with Crippen molar-refractivity contribution in [3.8, 4) is 46.0 Å². The van der Waals surface area contributed by atoms with Gasteiger partial charge >= 0.3 is 23.9 Å². The predicted octanol–water partition coefficient (Wildman–Crippen LogP) is 10.3. The van der Waals surface area contributed by atoms with Crippen LogP contribution < -0.4 is 37.9 Å². The van der Waals surface area contributed by atoms with Gasteiger partial charge in [0.1, 0.15) is 72.4 Å². The molecule has 18 heteroatoms.